The average molecular weight is 389 g/mol. The number of aromatic nitrogens is 3. The van der Waals surface area contributed by atoms with Gasteiger partial charge in [0.15, 0.2) is 11.5 Å². The summed E-state index contributed by atoms with van der Waals surface area (Å²) in [6, 6.07) is 8.97. The first-order valence-corrected chi connectivity index (χ1v) is 8.44. The summed E-state index contributed by atoms with van der Waals surface area (Å²) in [5.41, 5.74) is 1.48. The Morgan fingerprint density at radius 3 is 2.78 bits per heavy atom. The number of carbonyl (C=O) groups is 1. The third-order valence-electron chi connectivity index (χ3n) is 3.77. The molecule has 0 atom stereocenters. The van der Waals surface area contributed by atoms with Gasteiger partial charge in [0.05, 0.1) is 19.8 Å². The molecule has 0 bridgehead atoms. The molecule has 1 N–H and O–H groups in total. The maximum atomic E-state index is 12.2. The Kier molecular flexibility index (Phi) is 5.87. The number of halogens is 1. The highest BCUT2D eigenvalue weighted by Crippen LogP contribution is 2.27. The molecule has 3 rings (SSSR count). The Morgan fingerprint density at radius 1 is 1.22 bits per heavy atom. The van der Waals surface area contributed by atoms with E-state index in [2.05, 4.69) is 20.4 Å². The number of hydrogen-bond acceptors (Lipinski definition) is 7. The van der Waals surface area contributed by atoms with Gasteiger partial charge in [-0.15, -0.1) is 0 Å². The number of carbonyl (C=O) groups excluding carboxylic acids is 1. The molecule has 1 aromatic carbocycles. The second-order valence-electron chi connectivity index (χ2n) is 5.46. The van der Waals surface area contributed by atoms with Gasteiger partial charge in [-0.3, -0.25) is 4.79 Å². The SMILES string of the molecule is COc1ccc(CCNC(=O)c2nc(-c3cccnc3Cl)no2)cc1OC. The van der Waals surface area contributed by atoms with E-state index in [9.17, 15) is 4.79 Å². The summed E-state index contributed by atoms with van der Waals surface area (Å²) >= 11 is 5.99. The van der Waals surface area contributed by atoms with E-state index in [1.165, 1.54) is 0 Å². The lowest BCUT2D eigenvalue weighted by Gasteiger charge is -2.09. The van der Waals surface area contributed by atoms with Crippen molar-refractivity contribution in [3.05, 3.63) is 53.1 Å². The number of nitrogens with zero attached hydrogens (tertiary/aromatic N) is 3. The molecular formula is C18H17ClN4O4. The van der Waals surface area contributed by atoms with Gasteiger partial charge in [-0.2, -0.15) is 4.98 Å². The quantitative estimate of drug-likeness (QED) is 0.621. The van der Waals surface area contributed by atoms with Crippen LogP contribution < -0.4 is 14.8 Å². The monoisotopic (exact) mass is 388 g/mol. The molecule has 0 aliphatic heterocycles. The highest BCUT2D eigenvalue weighted by molar-refractivity contribution is 6.31. The van der Waals surface area contributed by atoms with E-state index >= 15 is 0 Å². The summed E-state index contributed by atoms with van der Waals surface area (Å²) in [6.07, 6.45) is 2.15. The first kappa shape index (κ1) is 18.7. The first-order chi connectivity index (χ1) is 13.1. The summed E-state index contributed by atoms with van der Waals surface area (Å²) in [5, 5.41) is 6.75. The van der Waals surface area contributed by atoms with Crippen LogP contribution in [0.4, 0.5) is 0 Å². The number of pyridine rings is 1. The van der Waals surface area contributed by atoms with E-state index in [1.54, 1.807) is 32.5 Å². The summed E-state index contributed by atoms with van der Waals surface area (Å²) in [6.45, 7) is 0.389. The van der Waals surface area contributed by atoms with Crippen LogP contribution >= 0.6 is 11.6 Å². The molecule has 9 heteroatoms. The lowest BCUT2D eigenvalue weighted by atomic mass is 10.1. The van der Waals surface area contributed by atoms with Gasteiger partial charge < -0.3 is 19.3 Å². The van der Waals surface area contributed by atoms with Crippen molar-refractivity contribution >= 4 is 17.5 Å². The summed E-state index contributed by atoms with van der Waals surface area (Å²) in [4.78, 5) is 20.2. The van der Waals surface area contributed by atoms with E-state index in [0.717, 1.165) is 5.56 Å². The van der Waals surface area contributed by atoms with Gasteiger partial charge in [0.2, 0.25) is 5.82 Å². The van der Waals surface area contributed by atoms with Crippen LogP contribution in [0.15, 0.2) is 41.1 Å². The van der Waals surface area contributed by atoms with Gasteiger partial charge in [-0.05, 0) is 36.2 Å². The third kappa shape index (κ3) is 4.35. The normalized spacial score (nSPS) is 10.5. The van der Waals surface area contributed by atoms with Crippen LogP contribution in [0.1, 0.15) is 16.2 Å². The molecule has 2 heterocycles. The van der Waals surface area contributed by atoms with Gasteiger partial charge in [-0.1, -0.05) is 22.8 Å². The van der Waals surface area contributed by atoms with E-state index in [1.807, 2.05) is 18.2 Å². The van der Waals surface area contributed by atoms with E-state index in [-0.39, 0.29) is 16.9 Å². The highest BCUT2D eigenvalue weighted by Gasteiger charge is 2.17. The van der Waals surface area contributed by atoms with Crippen molar-refractivity contribution in [3.8, 4) is 22.9 Å². The number of rotatable bonds is 7. The Morgan fingerprint density at radius 2 is 2.04 bits per heavy atom. The van der Waals surface area contributed by atoms with Gasteiger partial charge in [0, 0.05) is 12.7 Å². The van der Waals surface area contributed by atoms with Crippen molar-refractivity contribution in [2.24, 2.45) is 0 Å². The van der Waals surface area contributed by atoms with Crippen molar-refractivity contribution in [1.82, 2.24) is 20.4 Å². The molecule has 0 aliphatic carbocycles. The van der Waals surface area contributed by atoms with Crippen LogP contribution in [0.3, 0.4) is 0 Å². The first-order valence-electron chi connectivity index (χ1n) is 8.06. The summed E-state index contributed by atoms with van der Waals surface area (Å²) in [5.74, 6) is 0.888. The zero-order chi connectivity index (χ0) is 19.2. The Bertz CT molecular complexity index is 945. The van der Waals surface area contributed by atoms with Crippen molar-refractivity contribution in [1.29, 1.82) is 0 Å². The van der Waals surface area contributed by atoms with Crippen molar-refractivity contribution in [3.63, 3.8) is 0 Å². The maximum Gasteiger partial charge on any atom is 0.316 e. The van der Waals surface area contributed by atoms with Crippen LogP contribution in [0.5, 0.6) is 11.5 Å². The van der Waals surface area contributed by atoms with Crippen LogP contribution in [0, 0.1) is 0 Å². The minimum atomic E-state index is -0.464. The second-order valence-corrected chi connectivity index (χ2v) is 5.82. The largest absolute Gasteiger partial charge is 0.493 e. The predicted molar refractivity (Wildman–Crippen MR) is 98.1 cm³/mol. The van der Waals surface area contributed by atoms with Crippen LogP contribution in [-0.4, -0.2) is 41.8 Å². The zero-order valence-corrected chi connectivity index (χ0v) is 15.5. The van der Waals surface area contributed by atoms with Crippen LogP contribution in [-0.2, 0) is 6.42 Å². The molecule has 0 spiro atoms. The molecule has 0 radical (unpaired) electrons. The van der Waals surface area contributed by atoms with Crippen molar-refractivity contribution in [2.45, 2.75) is 6.42 Å². The van der Waals surface area contributed by atoms with Gasteiger partial charge in [0.1, 0.15) is 5.15 Å². The molecule has 0 unspecified atom stereocenters. The topological polar surface area (TPSA) is 99.4 Å². The minimum Gasteiger partial charge on any atom is -0.493 e. The number of benzene rings is 1. The molecular weight excluding hydrogens is 372 g/mol. The van der Waals surface area contributed by atoms with Gasteiger partial charge in [0.25, 0.3) is 0 Å². The third-order valence-corrected chi connectivity index (χ3v) is 4.07. The predicted octanol–water partition coefficient (Wildman–Crippen LogP) is 2.77. The molecule has 2 aromatic heterocycles. The second kappa shape index (κ2) is 8.50. The minimum absolute atomic E-state index is 0.141. The maximum absolute atomic E-state index is 12.2. The number of amides is 1. The molecule has 27 heavy (non-hydrogen) atoms. The van der Waals surface area contributed by atoms with E-state index < -0.39 is 5.91 Å². The molecule has 3 aromatic rings. The standard InChI is InChI=1S/C18H17ClN4O4/c1-25-13-6-5-11(10-14(13)26-2)7-9-21-17(24)18-22-16(23-27-18)12-4-3-8-20-15(12)19/h3-6,8,10H,7,9H2,1-2H3,(H,21,24). The van der Waals surface area contributed by atoms with Crippen molar-refractivity contribution < 1.29 is 18.8 Å². The van der Waals surface area contributed by atoms with Crippen molar-refractivity contribution in [2.75, 3.05) is 20.8 Å². The Hall–Kier alpha value is -3.13. The Labute approximate surface area is 160 Å². The molecule has 0 fully saturated rings. The van der Waals surface area contributed by atoms with Gasteiger partial charge >= 0.3 is 11.8 Å². The molecule has 0 aliphatic rings. The fourth-order valence-corrected chi connectivity index (χ4v) is 2.61. The van der Waals surface area contributed by atoms with Crippen LogP contribution in [0.25, 0.3) is 11.4 Å². The fourth-order valence-electron chi connectivity index (χ4n) is 2.41. The van der Waals surface area contributed by atoms with E-state index in [0.29, 0.717) is 30.0 Å². The van der Waals surface area contributed by atoms with Gasteiger partial charge in [-0.25, -0.2) is 4.98 Å². The lowest BCUT2D eigenvalue weighted by Crippen LogP contribution is -2.26. The number of ether oxygens (including phenoxy) is 2. The molecule has 0 saturated heterocycles. The van der Waals surface area contributed by atoms with Crippen LogP contribution in [0.2, 0.25) is 5.15 Å². The smallest absolute Gasteiger partial charge is 0.316 e. The number of hydrogen-bond donors (Lipinski definition) is 1. The summed E-state index contributed by atoms with van der Waals surface area (Å²) in [7, 11) is 3.15. The number of methoxy groups -OCH3 is 2. The average Bonchev–Trinajstić information content (AvgIpc) is 3.18. The highest BCUT2D eigenvalue weighted by atomic mass is 35.5. The van der Waals surface area contributed by atoms with E-state index in [4.69, 9.17) is 25.6 Å². The summed E-state index contributed by atoms with van der Waals surface area (Å²) < 4.78 is 15.5. The zero-order valence-electron chi connectivity index (χ0n) is 14.7. The molecule has 8 nitrogen and oxygen atoms in total. The Balaban J connectivity index is 1.60. The lowest BCUT2D eigenvalue weighted by molar-refractivity contribution is 0.0910. The number of nitrogens with one attached hydrogen (secondary N) is 1. The fraction of sp³-hybridized carbons (Fsp3) is 0.222. The molecule has 140 valence electrons. The molecule has 0 saturated carbocycles. The molecule has 1 amide bonds.